The number of rotatable bonds is 14. The first-order valence-corrected chi connectivity index (χ1v) is 10.8. The Bertz CT molecular complexity index is 1030. The summed E-state index contributed by atoms with van der Waals surface area (Å²) < 4.78 is 5.20. The average Bonchev–Trinajstić information content (AvgIpc) is 3.27. The first kappa shape index (κ1) is 27.0. The first-order valence-electron chi connectivity index (χ1n) is 10.8. The zero-order valence-corrected chi connectivity index (χ0v) is 18.8. The topological polar surface area (TPSA) is 250 Å². The lowest BCUT2D eigenvalue weighted by molar-refractivity contribution is -0.139. The van der Waals surface area contributed by atoms with Crippen LogP contribution in [0.2, 0.25) is 0 Å². The molecule has 0 radical (unpaired) electrons. The fourth-order valence-corrected chi connectivity index (χ4v) is 3.13. The highest BCUT2D eigenvalue weighted by Crippen LogP contribution is 2.20. The number of nitrogens with zero attached hydrogens (tertiary/aromatic N) is 2. The number of nitrogens with one attached hydrogen (secondary N) is 2. The molecule has 0 aliphatic carbocycles. The summed E-state index contributed by atoms with van der Waals surface area (Å²) in [5.74, 6) is -2.26. The van der Waals surface area contributed by atoms with Crippen LogP contribution < -0.4 is 27.8 Å². The van der Waals surface area contributed by atoms with E-state index in [4.69, 9.17) is 21.7 Å². The maximum absolute atomic E-state index is 12.6. The largest absolute Gasteiger partial charge is 0.508 e. The van der Waals surface area contributed by atoms with Gasteiger partial charge < -0.3 is 42.6 Å². The van der Waals surface area contributed by atoms with Crippen molar-refractivity contribution in [3.8, 4) is 5.75 Å². The maximum Gasteiger partial charge on any atom is 0.326 e. The lowest BCUT2D eigenvalue weighted by atomic mass is 10.1. The number of benzene rings is 1. The average molecular weight is 492 g/mol. The van der Waals surface area contributed by atoms with Gasteiger partial charge in [-0.15, -0.1) is 0 Å². The Hall–Kier alpha value is -4.20. The third-order valence-corrected chi connectivity index (χ3v) is 4.99. The summed E-state index contributed by atoms with van der Waals surface area (Å²) in [4.78, 5) is 50.6. The summed E-state index contributed by atoms with van der Waals surface area (Å²) in [5, 5.41) is 27.5. The van der Waals surface area contributed by atoms with Gasteiger partial charge in [-0.25, -0.2) is 9.59 Å². The van der Waals surface area contributed by atoms with Crippen molar-refractivity contribution in [3.63, 3.8) is 0 Å². The Morgan fingerprint density at radius 1 is 1.00 bits per heavy atom. The molecule has 1 aromatic carbocycles. The summed E-state index contributed by atoms with van der Waals surface area (Å²) >= 11 is 0. The molecule has 2 rings (SSSR count). The summed E-state index contributed by atoms with van der Waals surface area (Å²) in [6, 6.07) is 2.13. The molecule has 0 unspecified atom stereocenters. The number of primary amides is 2. The molecule has 0 spiro atoms. The van der Waals surface area contributed by atoms with Crippen molar-refractivity contribution in [2.24, 2.45) is 17.2 Å². The Morgan fingerprint density at radius 3 is 2.26 bits per heavy atom. The number of phenolic OH excluding ortho intramolecular Hbond substituents is 1. The molecule has 2 aromatic rings. The van der Waals surface area contributed by atoms with Gasteiger partial charge >= 0.3 is 12.0 Å². The Morgan fingerprint density at radius 2 is 1.66 bits per heavy atom. The Balaban J connectivity index is 2.07. The van der Waals surface area contributed by atoms with Gasteiger partial charge in [0.1, 0.15) is 17.8 Å². The van der Waals surface area contributed by atoms with E-state index in [2.05, 4.69) is 20.8 Å². The van der Waals surface area contributed by atoms with Gasteiger partial charge in [0.15, 0.2) is 5.82 Å². The molecule has 1 heterocycles. The molecule has 0 aliphatic rings. The molecule has 35 heavy (non-hydrogen) atoms. The van der Waals surface area contributed by atoms with E-state index in [9.17, 15) is 29.4 Å². The SMILES string of the molecule is NC(=O)CCC[C@H](N)c1noc([C@H](CCC(N)=O)NC(=O)N[C@@H](Cc2ccc(O)cc2)C(=O)O)n1. The molecule has 14 heteroatoms. The van der Waals surface area contributed by atoms with E-state index >= 15 is 0 Å². The molecule has 0 bridgehead atoms. The van der Waals surface area contributed by atoms with E-state index in [0.717, 1.165) is 0 Å². The van der Waals surface area contributed by atoms with Crippen LogP contribution in [0.4, 0.5) is 4.79 Å². The van der Waals surface area contributed by atoms with Crippen LogP contribution in [0.25, 0.3) is 0 Å². The number of phenols is 1. The number of urea groups is 1. The lowest BCUT2D eigenvalue weighted by Crippen LogP contribution is -2.48. The number of aromatic hydroxyl groups is 1. The van der Waals surface area contributed by atoms with Crippen molar-refractivity contribution in [2.75, 3.05) is 0 Å². The van der Waals surface area contributed by atoms with Crippen LogP contribution in [-0.4, -0.2) is 50.2 Å². The van der Waals surface area contributed by atoms with Crippen molar-refractivity contribution < 1.29 is 33.9 Å². The third kappa shape index (κ3) is 9.29. The molecule has 0 saturated heterocycles. The summed E-state index contributed by atoms with van der Waals surface area (Å²) in [6.45, 7) is 0. The van der Waals surface area contributed by atoms with Crippen LogP contribution in [0.15, 0.2) is 28.8 Å². The van der Waals surface area contributed by atoms with Crippen LogP contribution in [0.5, 0.6) is 5.75 Å². The highest BCUT2D eigenvalue weighted by atomic mass is 16.5. The number of aromatic nitrogens is 2. The monoisotopic (exact) mass is 491 g/mol. The molecule has 3 atom stereocenters. The number of nitrogens with two attached hydrogens (primary N) is 3. The summed E-state index contributed by atoms with van der Waals surface area (Å²) in [5.41, 5.74) is 16.9. The fourth-order valence-electron chi connectivity index (χ4n) is 3.13. The number of carbonyl (C=O) groups is 4. The molecule has 14 nitrogen and oxygen atoms in total. The molecule has 4 amide bonds. The number of hydrogen-bond acceptors (Lipinski definition) is 9. The highest BCUT2D eigenvalue weighted by molar-refractivity contribution is 5.83. The lowest BCUT2D eigenvalue weighted by Gasteiger charge is -2.19. The molecule has 10 N–H and O–H groups in total. The van der Waals surface area contributed by atoms with E-state index in [-0.39, 0.29) is 43.1 Å². The number of aliphatic carboxylic acids is 1. The molecular weight excluding hydrogens is 462 g/mol. The second kappa shape index (κ2) is 12.9. The Kier molecular flexibility index (Phi) is 9.96. The van der Waals surface area contributed by atoms with Crippen molar-refractivity contribution >= 4 is 23.8 Å². The molecule has 0 aliphatic heterocycles. The standard InChI is InChI=1S/C21H29N7O7/c22-13(2-1-3-16(23)30)18-27-19(35-28-18)14(8-9-17(24)31)25-21(34)26-15(20(32)33)10-11-4-6-12(29)7-5-11/h4-7,13-15,29H,1-3,8-10,22H2,(H2,23,30)(H2,24,31)(H,32,33)(H2,25,26,34)/t13-,14-,15-/m0/s1. The Labute approximate surface area is 200 Å². The smallest absolute Gasteiger partial charge is 0.326 e. The minimum absolute atomic E-state index is 0.0109. The van der Waals surface area contributed by atoms with Gasteiger partial charge in [0, 0.05) is 19.3 Å². The number of amides is 4. The van der Waals surface area contributed by atoms with Gasteiger partial charge in [-0.2, -0.15) is 4.98 Å². The van der Waals surface area contributed by atoms with E-state index in [0.29, 0.717) is 18.4 Å². The minimum atomic E-state index is -1.28. The van der Waals surface area contributed by atoms with Gasteiger partial charge in [0.25, 0.3) is 0 Å². The number of hydrogen-bond donors (Lipinski definition) is 7. The predicted molar refractivity (Wildman–Crippen MR) is 120 cm³/mol. The van der Waals surface area contributed by atoms with Gasteiger partial charge in [-0.05, 0) is 37.0 Å². The van der Waals surface area contributed by atoms with E-state index in [1.807, 2.05) is 0 Å². The maximum atomic E-state index is 12.6. The van der Waals surface area contributed by atoms with Gasteiger partial charge in [0.2, 0.25) is 17.7 Å². The molecule has 0 saturated carbocycles. The van der Waals surface area contributed by atoms with Crippen LogP contribution in [0, 0.1) is 0 Å². The number of carboxylic acid groups (broad SMARTS) is 1. The van der Waals surface area contributed by atoms with E-state index < -0.39 is 41.9 Å². The fraction of sp³-hybridized carbons (Fsp3) is 0.429. The third-order valence-electron chi connectivity index (χ3n) is 4.99. The second-order valence-electron chi connectivity index (χ2n) is 7.89. The van der Waals surface area contributed by atoms with E-state index in [1.165, 1.54) is 24.3 Å². The minimum Gasteiger partial charge on any atom is -0.508 e. The van der Waals surface area contributed by atoms with Crippen molar-refractivity contribution in [2.45, 2.75) is 56.7 Å². The van der Waals surface area contributed by atoms with Crippen LogP contribution in [-0.2, 0) is 20.8 Å². The summed E-state index contributed by atoms with van der Waals surface area (Å²) in [7, 11) is 0. The molecule has 0 fully saturated rings. The van der Waals surface area contributed by atoms with Gasteiger partial charge in [-0.3, -0.25) is 9.59 Å². The van der Waals surface area contributed by atoms with Crippen molar-refractivity contribution in [3.05, 3.63) is 41.5 Å². The molecule has 1 aromatic heterocycles. The number of carboxylic acids is 1. The molecular formula is C21H29N7O7. The zero-order valence-electron chi connectivity index (χ0n) is 18.8. The van der Waals surface area contributed by atoms with E-state index in [1.54, 1.807) is 0 Å². The normalized spacial score (nSPS) is 13.4. The summed E-state index contributed by atoms with van der Waals surface area (Å²) in [6.07, 6.45) is 0.777. The van der Waals surface area contributed by atoms with Gasteiger partial charge in [0.05, 0.1) is 6.04 Å². The van der Waals surface area contributed by atoms with Crippen molar-refractivity contribution in [1.82, 2.24) is 20.8 Å². The first-order chi connectivity index (χ1) is 16.5. The quantitative estimate of drug-likeness (QED) is 0.182. The van der Waals surface area contributed by atoms with Crippen molar-refractivity contribution in [1.29, 1.82) is 0 Å². The highest BCUT2D eigenvalue weighted by Gasteiger charge is 2.26. The molecule has 190 valence electrons. The van der Waals surface area contributed by atoms with Crippen LogP contribution in [0.1, 0.15) is 61.5 Å². The number of carbonyl (C=O) groups excluding carboxylic acids is 3. The zero-order chi connectivity index (χ0) is 26.0. The van der Waals surface area contributed by atoms with Gasteiger partial charge in [-0.1, -0.05) is 17.3 Å². The predicted octanol–water partition coefficient (Wildman–Crippen LogP) is -0.268. The second-order valence-corrected chi connectivity index (χ2v) is 7.89. The van der Waals surface area contributed by atoms with Crippen LogP contribution >= 0.6 is 0 Å². The van der Waals surface area contributed by atoms with Crippen LogP contribution in [0.3, 0.4) is 0 Å².